The predicted molar refractivity (Wildman–Crippen MR) is 77.7 cm³/mol. The Morgan fingerprint density at radius 3 is 2.28 bits per heavy atom. The number of hydrogen-bond acceptors (Lipinski definition) is 1. The Bertz CT molecular complexity index is 431. The van der Waals surface area contributed by atoms with E-state index in [9.17, 15) is 0 Å². The van der Waals surface area contributed by atoms with Crippen LogP contribution in [0.5, 0.6) is 5.75 Å². The van der Waals surface area contributed by atoms with Crippen molar-refractivity contribution in [3.8, 4) is 5.75 Å². The molecule has 1 aliphatic rings. The lowest BCUT2D eigenvalue weighted by molar-refractivity contribution is -0.0302. The van der Waals surface area contributed by atoms with Crippen molar-refractivity contribution in [3.05, 3.63) is 28.8 Å². The Labute approximate surface area is 115 Å². The summed E-state index contributed by atoms with van der Waals surface area (Å²) in [7, 11) is 0. The van der Waals surface area contributed by atoms with Gasteiger partial charge in [-0.3, -0.25) is 0 Å². The van der Waals surface area contributed by atoms with Gasteiger partial charge in [-0.15, -0.1) is 11.6 Å². The minimum Gasteiger partial charge on any atom is -0.489 e. The van der Waals surface area contributed by atoms with Crippen molar-refractivity contribution in [2.24, 2.45) is 5.41 Å². The van der Waals surface area contributed by atoms with Gasteiger partial charge in [-0.2, -0.15) is 0 Å². The molecule has 0 heterocycles. The summed E-state index contributed by atoms with van der Waals surface area (Å²) < 4.78 is 6.26. The van der Waals surface area contributed by atoms with Gasteiger partial charge in [-0.1, -0.05) is 31.5 Å². The molecule has 1 saturated carbocycles. The molecule has 100 valence electrons. The highest BCUT2D eigenvalue weighted by atomic mass is 35.5. The molecule has 1 aromatic carbocycles. The standard InChI is InChI=1S/C16H23ClO/c1-6-16(5)13(17)9-14(16)18-15-11(3)7-10(2)8-12(15)4/h7-8,13-14H,6,9H2,1-5H3. The van der Waals surface area contributed by atoms with Crippen molar-refractivity contribution >= 4 is 11.6 Å². The number of hydrogen-bond donors (Lipinski definition) is 0. The van der Waals surface area contributed by atoms with Crippen LogP contribution in [0, 0.1) is 26.2 Å². The summed E-state index contributed by atoms with van der Waals surface area (Å²) in [5.41, 5.74) is 3.86. The van der Waals surface area contributed by atoms with Gasteiger partial charge in [0.15, 0.2) is 0 Å². The molecule has 0 radical (unpaired) electrons. The van der Waals surface area contributed by atoms with Gasteiger partial charge in [-0.05, 0) is 38.3 Å². The quantitative estimate of drug-likeness (QED) is 0.715. The van der Waals surface area contributed by atoms with Crippen LogP contribution in [0.2, 0.25) is 0 Å². The fourth-order valence-electron chi connectivity index (χ4n) is 2.89. The number of alkyl halides is 1. The average molecular weight is 267 g/mol. The Morgan fingerprint density at radius 1 is 1.28 bits per heavy atom. The molecule has 0 N–H and O–H groups in total. The van der Waals surface area contributed by atoms with E-state index in [1.807, 2.05) is 0 Å². The molecule has 3 unspecified atom stereocenters. The van der Waals surface area contributed by atoms with Crippen molar-refractivity contribution in [1.29, 1.82) is 0 Å². The van der Waals surface area contributed by atoms with Crippen LogP contribution in [0.3, 0.4) is 0 Å². The summed E-state index contributed by atoms with van der Waals surface area (Å²) in [6, 6.07) is 4.37. The van der Waals surface area contributed by atoms with E-state index in [2.05, 4.69) is 46.8 Å². The number of ether oxygens (including phenoxy) is 1. The molecule has 1 aromatic rings. The number of benzene rings is 1. The molecular formula is C16H23ClO. The molecule has 2 rings (SSSR count). The molecule has 0 amide bonds. The highest BCUT2D eigenvalue weighted by Gasteiger charge is 2.51. The van der Waals surface area contributed by atoms with Crippen LogP contribution in [-0.4, -0.2) is 11.5 Å². The second-order valence-corrected chi connectivity index (χ2v) is 6.42. The molecule has 2 heteroatoms. The first-order chi connectivity index (χ1) is 8.38. The van der Waals surface area contributed by atoms with Gasteiger partial charge in [0.2, 0.25) is 0 Å². The second kappa shape index (κ2) is 4.77. The minimum atomic E-state index is 0.116. The van der Waals surface area contributed by atoms with Crippen molar-refractivity contribution in [3.63, 3.8) is 0 Å². The van der Waals surface area contributed by atoms with E-state index in [4.69, 9.17) is 16.3 Å². The van der Waals surface area contributed by atoms with Crippen LogP contribution in [0.15, 0.2) is 12.1 Å². The topological polar surface area (TPSA) is 9.23 Å². The third-order valence-electron chi connectivity index (χ3n) is 4.50. The lowest BCUT2D eigenvalue weighted by atomic mass is 9.65. The van der Waals surface area contributed by atoms with Crippen LogP contribution in [0.4, 0.5) is 0 Å². The molecule has 0 spiro atoms. The molecule has 18 heavy (non-hydrogen) atoms. The maximum absolute atomic E-state index is 6.34. The van der Waals surface area contributed by atoms with Crippen molar-refractivity contribution in [2.75, 3.05) is 0 Å². The lowest BCUT2D eigenvalue weighted by Gasteiger charge is -2.50. The zero-order chi connectivity index (χ0) is 13.5. The number of rotatable bonds is 3. The SMILES string of the molecule is CCC1(C)C(Cl)CC1Oc1c(C)cc(C)cc1C. The van der Waals surface area contributed by atoms with E-state index in [1.165, 1.54) is 16.7 Å². The molecule has 1 nitrogen and oxygen atoms in total. The molecule has 0 aliphatic heterocycles. The predicted octanol–water partition coefficient (Wildman–Crippen LogP) is 4.79. The van der Waals surface area contributed by atoms with Crippen LogP contribution in [0.1, 0.15) is 43.4 Å². The van der Waals surface area contributed by atoms with Gasteiger partial charge in [0.25, 0.3) is 0 Å². The van der Waals surface area contributed by atoms with Gasteiger partial charge in [-0.25, -0.2) is 0 Å². The molecule has 0 bridgehead atoms. The van der Waals surface area contributed by atoms with E-state index < -0.39 is 0 Å². The Morgan fingerprint density at radius 2 is 1.83 bits per heavy atom. The largest absolute Gasteiger partial charge is 0.489 e. The normalized spacial score (nSPS) is 31.0. The van der Waals surface area contributed by atoms with E-state index in [-0.39, 0.29) is 16.9 Å². The third kappa shape index (κ3) is 2.14. The third-order valence-corrected chi connectivity index (χ3v) is 5.18. The molecule has 0 saturated heterocycles. The minimum absolute atomic E-state index is 0.116. The number of aryl methyl sites for hydroxylation is 3. The fraction of sp³-hybridized carbons (Fsp3) is 0.625. The van der Waals surface area contributed by atoms with E-state index in [1.54, 1.807) is 0 Å². The second-order valence-electron chi connectivity index (χ2n) is 5.90. The Balaban J connectivity index is 2.21. The van der Waals surface area contributed by atoms with Gasteiger partial charge >= 0.3 is 0 Å². The van der Waals surface area contributed by atoms with Gasteiger partial charge in [0.05, 0.1) is 0 Å². The summed E-state index contributed by atoms with van der Waals surface area (Å²) in [6.45, 7) is 10.8. The average Bonchev–Trinajstić information content (AvgIpc) is 2.30. The summed E-state index contributed by atoms with van der Waals surface area (Å²) >= 11 is 6.34. The zero-order valence-corrected chi connectivity index (χ0v) is 12.8. The monoisotopic (exact) mass is 266 g/mol. The molecular weight excluding hydrogens is 244 g/mol. The van der Waals surface area contributed by atoms with Crippen molar-refractivity contribution in [2.45, 2.75) is 58.9 Å². The summed E-state index contributed by atoms with van der Waals surface area (Å²) in [4.78, 5) is 0. The van der Waals surface area contributed by atoms with Crippen LogP contribution in [0.25, 0.3) is 0 Å². The highest BCUT2D eigenvalue weighted by molar-refractivity contribution is 6.21. The molecule has 1 fully saturated rings. The van der Waals surface area contributed by atoms with Gasteiger partial charge < -0.3 is 4.74 Å². The van der Waals surface area contributed by atoms with E-state index >= 15 is 0 Å². The van der Waals surface area contributed by atoms with Crippen LogP contribution >= 0.6 is 11.6 Å². The first kappa shape index (κ1) is 13.7. The first-order valence-corrected chi connectivity index (χ1v) is 7.20. The summed E-state index contributed by atoms with van der Waals surface area (Å²) in [5.74, 6) is 1.05. The maximum Gasteiger partial charge on any atom is 0.125 e. The molecule has 0 aromatic heterocycles. The molecule has 3 atom stereocenters. The smallest absolute Gasteiger partial charge is 0.125 e. The van der Waals surface area contributed by atoms with Gasteiger partial charge in [0, 0.05) is 17.2 Å². The summed E-state index contributed by atoms with van der Waals surface area (Å²) in [6.07, 6.45) is 2.28. The van der Waals surface area contributed by atoms with Crippen LogP contribution < -0.4 is 4.74 Å². The first-order valence-electron chi connectivity index (χ1n) is 6.77. The van der Waals surface area contributed by atoms with E-state index in [0.717, 1.165) is 18.6 Å². The maximum atomic E-state index is 6.34. The van der Waals surface area contributed by atoms with E-state index in [0.29, 0.717) is 0 Å². The Kier molecular flexibility index (Phi) is 3.64. The molecule has 1 aliphatic carbocycles. The van der Waals surface area contributed by atoms with Crippen molar-refractivity contribution in [1.82, 2.24) is 0 Å². The fourth-order valence-corrected chi connectivity index (χ4v) is 3.35. The summed E-state index contributed by atoms with van der Waals surface area (Å²) in [5, 5.41) is 0.249. The lowest BCUT2D eigenvalue weighted by Crippen LogP contribution is -2.55. The highest BCUT2D eigenvalue weighted by Crippen LogP contribution is 2.49. The van der Waals surface area contributed by atoms with Crippen LogP contribution in [-0.2, 0) is 0 Å². The zero-order valence-electron chi connectivity index (χ0n) is 12.0. The number of halogens is 1. The van der Waals surface area contributed by atoms with Crippen molar-refractivity contribution < 1.29 is 4.74 Å². The van der Waals surface area contributed by atoms with Gasteiger partial charge in [0.1, 0.15) is 11.9 Å². The Hall–Kier alpha value is -0.690.